The number of carbonyl (C=O) groups is 2. The van der Waals surface area contributed by atoms with Crippen molar-refractivity contribution in [1.29, 1.82) is 0 Å². The topological polar surface area (TPSA) is 55.4 Å². The van der Waals surface area contributed by atoms with Crippen molar-refractivity contribution in [3.05, 3.63) is 28.7 Å². The summed E-state index contributed by atoms with van der Waals surface area (Å²) in [5, 5.41) is 2.73. The number of anilines is 1. The molecular weight excluding hydrogens is 334 g/mol. The van der Waals surface area contributed by atoms with E-state index in [0.29, 0.717) is 18.0 Å². The van der Waals surface area contributed by atoms with Crippen molar-refractivity contribution in [2.45, 2.75) is 45.1 Å². The van der Waals surface area contributed by atoms with Gasteiger partial charge in [0.25, 0.3) is 5.91 Å². The summed E-state index contributed by atoms with van der Waals surface area (Å²) in [6.07, 6.45) is 4.22. The molecule has 0 unspecified atom stereocenters. The Morgan fingerprint density at radius 1 is 1.29 bits per heavy atom. The second kappa shape index (κ2) is 7.59. The van der Waals surface area contributed by atoms with Crippen molar-refractivity contribution in [2.24, 2.45) is 5.92 Å². The van der Waals surface area contributed by atoms with Crippen LogP contribution in [0.3, 0.4) is 0 Å². The molecule has 1 aromatic carbocycles. The van der Waals surface area contributed by atoms with Gasteiger partial charge in [0.1, 0.15) is 0 Å². The van der Waals surface area contributed by atoms with Crippen molar-refractivity contribution >= 4 is 33.5 Å². The Balaban J connectivity index is 1.78. The summed E-state index contributed by atoms with van der Waals surface area (Å²) in [5.74, 6) is -0.156. The van der Waals surface area contributed by atoms with Gasteiger partial charge in [0.05, 0.1) is 0 Å². The fraction of sp³-hybridized carbons (Fsp3) is 0.500. The quantitative estimate of drug-likeness (QED) is 0.816. The Bertz CT molecular complexity index is 495. The van der Waals surface area contributed by atoms with Gasteiger partial charge in [-0.15, -0.1) is 0 Å². The lowest BCUT2D eigenvalue weighted by Crippen LogP contribution is -2.30. The number of rotatable bonds is 5. The third-order valence-electron chi connectivity index (χ3n) is 3.72. The lowest BCUT2D eigenvalue weighted by molar-refractivity contribution is -0.154. The highest BCUT2D eigenvalue weighted by atomic mass is 79.9. The van der Waals surface area contributed by atoms with Crippen LogP contribution >= 0.6 is 15.9 Å². The molecule has 1 amide bonds. The van der Waals surface area contributed by atoms with Crippen LogP contribution in [0.1, 0.15) is 39.0 Å². The molecule has 0 bridgehead atoms. The summed E-state index contributed by atoms with van der Waals surface area (Å²) >= 11 is 3.33. The Labute approximate surface area is 133 Å². The van der Waals surface area contributed by atoms with E-state index in [1.54, 1.807) is 19.1 Å². The minimum atomic E-state index is -0.775. The Morgan fingerprint density at radius 3 is 2.52 bits per heavy atom. The fourth-order valence-corrected chi connectivity index (χ4v) is 2.79. The zero-order valence-electron chi connectivity index (χ0n) is 12.1. The summed E-state index contributed by atoms with van der Waals surface area (Å²) in [7, 11) is 0. The highest BCUT2D eigenvalue weighted by molar-refractivity contribution is 9.10. The standard InChI is InChI=1S/C16H20BrNO3/c1-11(21-15(19)10-12-4-2-3-5-12)16(20)18-14-8-6-13(17)7-9-14/h6-9,11-12H,2-5,10H2,1H3,(H,18,20)/t11-/m1/s1. The molecule has 0 aliphatic heterocycles. The van der Waals surface area contributed by atoms with E-state index in [0.717, 1.165) is 17.3 Å². The van der Waals surface area contributed by atoms with Crippen molar-refractivity contribution in [2.75, 3.05) is 5.32 Å². The predicted molar refractivity (Wildman–Crippen MR) is 84.9 cm³/mol. The van der Waals surface area contributed by atoms with Crippen molar-refractivity contribution in [3.8, 4) is 0 Å². The van der Waals surface area contributed by atoms with Crippen LogP contribution in [0, 0.1) is 5.92 Å². The van der Waals surface area contributed by atoms with Crippen LogP contribution < -0.4 is 5.32 Å². The molecule has 5 heteroatoms. The Morgan fingerprint density at radius 2 is 1.90 bits per heavy atom. The van der Waals surface area contributed by atoms with E-state index in [1.165, 1.54) is 12.8 Å². The zero-order chi connectivity index (χ0) is 15.2. The molecule has 1 aromatic rings. The van der Waals surface area contributed by atoms with Crippen LogP contribution in [0.25, 0.3) is 0 Å². The smallest absolute Gasteiger partial charge is 0.306 e. The monoisotopic (exact) mass is 353 g/mol. The van der Waals surface area contributed by atoms with Gasteiger partial charge in [-0.25, -0.2) is 0 Å². The average molecular weight is 354 g/mol. The van der Waals surface area contributed by atoms with Gasteiger partial charge in [-0.1, -0.05) is 28.8 Å². The van der Waals surface area contributed by atoms with Gasteiger partial charge in [-0.05, 0) is 49.9 Å². The number of amides is 1. The Kier molecular flexibility index (Phi) is 5.79. The lowest BCUT2D eigenvalue weighted by atomic mass is 10.0. The highest BCUT2D eigenvalue weighted by Crippen LogP contribution is 2.27. The van der Waals surface area contributed by atoms with Crippen molar-refractivity contribution < 1.29 is 14.3 Å². The van der Waals surface area contributed by atoms with Gasteiger partial charge in [-0.3, -0.25) is 9.59 Å². The first-order valence-electron chi connectivity index (χ1n) is 7.30. The summed E-state index contributed by atoms with van der Waals surface area (Å²) in [6, 6.07) is 7.25. The van der Waals surface area contributed by atoms with E-state index in [4.69, 9.17) is 4.74 Å². The molecule has 0 spiro atoms. The second-order valence-corrected chi connectivity index (χ2v) is 6.40. The summed E-state index contributed by atoms with van der Waals surface area (Å²) in [6.45, 7) is 1.60. The Hall–Kier alpha value is -1.36. The van der Waals surface area contributed by atoms with E-state index in [1.807, 2.05) is 12.1 Å². The molecule has 0 aromatic heterocycles. The van der Waals surface area contributed by atoms with Gasteiger partial charge in [0, 0.05) is 16.6 Å². The third-order valence-corrected chi connectivity index (χ3v) is 4.25. The van der Waals surface area contributed by atoms with E-state index in [-0.39, 0.29) is 11.9 Å². The molecule has 1 N–H and O–H groups in total. The number of esters is 1. The zero-order valence-corrected chi connectivity index (χ0v) is 13.7. The van der Waals surface area contributed by atoms with Gasteiger partial charge in [0.2, 0.25) is 0 Å². The normalized spacial score (nSPS) is 16.5. The molecule has 4 nitrogen and oxygen atoms in total. The maximum absolute atomic E-state index is 12.0. The van der Waals surface area contributed by atoms with Gasteiger partial charge in [-0.2, -0.15) is 0 Å². The maximum atomic E-state index is 12.0. The largest absolute Gasteiger partial charge is 0.453 e. The molecule has 1 atom stereocenters. The van der Waals surface area contributed by atoms with Crippen molar-refractivity contribution in [1.82, 2.24) is 0 Å². The van der Waals surface area contributed by atoms with Gasteiger partial charge >= 0.3 is 5.97 Å². The summed E-state index contributed by atoms with van der Waals surface area (Å²) in [5.41, 5.74) is 0.682. The molecule has 114 valence electrons. The summed E-state index contributed by atoms with van der Waals surface area (Å²) in [4.78, 5) is 23.8. The van der Waals surface area contributed by atoms with Crippen LogP contribution in [0.4, 0.5) is 5.69 Å². The highest BCUT2D eigenvalue weighted by Gasteiger charge is 2.22. The maximum Gasteiger partial charge on any atom is 0.306 e. The number of carbonyl (C=O) groups excluding carboxylic acids is 2. The molecule has 1 aliphatic carbocycles. The SMILES string of the molecule is C[C@@H](OC(=O)CC1CCCC1)C(=O)Nc1ccc(Br)cc1. The molecule has 0 radical (unpaired) electrons. The molecule has 1 saturated carbocycles. The van der Waals surface area contributed by atoms with Crippen LogP contribution in [-0.2, 0) is 14.3 Å². The molecule has 21 heavy (non-hydrogen) atoms. The number of benzene rings is 1. The minimum absolute atomic E-state index is 0.277. The first kappa shape index (κ1) is 16.0. The molecule has 2 rings (SSSR count). The lowest BCUT2D eigenvalue weighted by Gasteiger charge is -2.15. The first-order valence-corrected chi connectivity index (χ1v) is 8.10. The number of hydrogen-bond donors (Lipinski definition) is 1. The van der Waals surface area contributed by atoms with Gasteiger partial charge in [0.15, 0.2) is 6.10 Å². The number of nitrogens with one attached hydrogen (secondary N) is 1. The first-order chi connectivity index (χ1) is 10.0. The van der Waals surface area contributed by atoms with E-state index >= 15 is 0 Å². The number of halogens is 1. The molecular formula is C16H20BrNO3. The van der Waals surface area contributed by atoms with Crippen LogP contribution in [0.2, 0.25) is 0 Å². The summed E-state index contributed by atoms with van der Waals surface area (Å²) < 4.78 is 6.15. The van der Waals surface area contributed by atoms with Crippen LogP contribution in [0.5, 0.6) is 0 Å². The number of ether oxygens (including phenoxy) is 1. The van der Waals surface area contributed by atoms with Gasteiger partial charge < -0.3 is 10.1 Å². The molecule has 1 aliphatic rings. The molecule has 0 saturated heterocycles. The fourth-order valence-electron chi connectivity index (χ4n) is 2.53. The predicted octanol–water partition coefficient (Wildman–Crippen LogP) is 3.90. The number of hydrogen-bond acceptors (Lipinski definition) is 3. The van der Waals surface area contributed by atoms with E-state index in [2.05, 4.69) is 21.2 Å². The molecule has 0 heterocycles. The van der Waals surface area contributed by atoms with Crippen LogP contribution in [0.15, 0.2) is 28.7 Å². The third kappa shape index (κ3) is 5.16. The average Bonchev–Trinajstić information content (AvgIpc) is 2.94. The minimum Gasteiger partial charge on any atom is -0.453 e. The van der Waals surface area contributed by atoms with Crippen LogP contribution in [-0.4, -0.2) is 18.0 Å². The second-order valence-electron chi connectivity index (χ2n) is 5.48. The molecule has 1 fully saturated rings. The van der Waals surface area contributed by atoms with Crippen molar-refractivity contribution in [3.63, 3.8) is 0 Å². The van der Waals surface area contributed by atoms with E-state index in [9.17, 15) is 9.59 Å². The van der Waals surface area contributed by atoms with E-state index < -0.39 is 6.10 Å².